The Balaban J connectivity index is 3.17. The molecule has 0 saturated heterocycles. The highest BCUT2D eigenvalue weighted by Crippen LogP contribution is 2.03. The Kier molecular flexibility index (Phi) is 13.2. The van der Waals surface area contributed by atoms with Gasteiger partial charge in [0.15, 0.2) is 0 Å². The molecule has 0 aliphatic heterocycles. The molecule has 0 N–H and O–H groups in total. The molecular formula is C16H28O2. The van der Waals surface area contributed by atoms with Crippen LogP contribution >= 0.6 is 0 Å². The number of esters is 1. The summed E-state index contributed by atoms with van der Waals surface area (Å²) < 4.78 is 4.83. The molecule has 2 nitrogen and oxygen atoms in total. The summed E-state index contributed by atoms with van der Waals surface area (Å²) >= 11 is 0. The van der Waals surface area contributed by atoms with Crippen LogP contribution in [-0.4, -0.2) is 12.6 Å². The molecule has 104 valence electrons. The van der Waals surface area contributed by atoms with Gasteiger partial charge in [0.05, 0.1) is 6.61 Å². The van der Waals surface area contributed by atoms with Crippen LogP contribution in [0.4, 0.5) is 0 Å². The highest BCUT2D eigenvalue weighted by Gasteiger charge is 1.89. The van der Waals surface area contributed by atoms with E-state index >= 15 is 0 Å². The predicted octanol–water partition coefficient (Wildman–Crippen LogP) is 4.80. The van der Waals surface area contributed by atoms with Gasteiger partial charge in [-0.1, -0.05) is 44.1 Å². The van der Waals surface area contributed by atoms with Gasteiger partial charge in [-0.25, -0.2) is 0 Å². The van der Waals surface area contributed by atoms with Crippen molar-refractivity contribution in [3.63, 3.8) is 0 Å². The van der Waals surface area contributed by atoms with Crippen LogP contribution in [-0.2, 0) is 9.53 Å². The first kappa shape index (κ1) is 16.9. The quantitative estimate of drug-likeness (QED) is 0.300. The zero-order valence-corrected chi connectivity index (χ0v) is 12.0. The number of carbonyl (C=O) groups excluding carboxylic acids is 1. The number of allylic oxidation sites excluding steroid dienone is 3. The fraction of sp³-hybridized carbons (Fsp3) is 0.688. The second kappa shape index (κ2) is 14.0. The molecule has 0 aliphatic carbocycles. The Morgan fingerprint density at radius 3 is 1.89 bits per heavy atom. The lowest BCUT2D eigenvalue weighted by Gasteiger charge is -1.97. The van der Waals surface area contributed by atoms with Gasteiger partial charge in [-0.2, -0.15) is 0 Å². The molecule has 0 radical (unpaired) electrons. The van der Waals surface area contributed by atoms with E-state index in [1.807, 2.05) is 0 Å². The summed E-state index contributed by atoms with van der Waals surface area (Å²) in [6.45, 7) is 4.17. The number of unbranched alkanes of at least 4 members (excludes halogenated alkanes) is 5. The van der Waals surface area contributed by atoms with Gasteiger partial charge >= 0.3 is 5.97 Å². The molecule has 0 spiro atoms. The summed E-state index contributed by atoms with van der Waals surface area (Å²) in [4.78, 5) is 10.5. The highest BCUT2D eigenvalue weighted by atomic mass is 16.5. The summed E-state index contributed by atoms with van der Waals surface area (Å²) in [6, 6.07) is 0. The molecule has 2 heteroatoms. The van der Waals surface area contributed by atoms with Crippen LogP contribution in [0.2, 0.25) is 0 Å². The third kappa shape index (κ3) is 14.9. The predicted molar refractivity (Wildman–Crippen MR) is 77.5 cm³/mol. The Morgan fingerprint density at radius 1 is 0.889 bits per heavy atom. The van der Waals surface area contributed by atoms with Crippen LogP contribution < -0.4 is 0 Å². The molecule has 0 unspecified atom stereocenters. The number of carbonyl (C=O) groups is 1. The van der Waals surface area contributed by atoms with Crippen molar-refractivity contribution in [2.24, 2.45) is 0 Å². The average Bonchev–Trinajstić information content (AvgIpc) is 2.34. The van der Waals surface area contributed by atoms with E-state index in [0.29, 0.717) is 6.61 Å². The van der Waals surface area contributed by atoms with Gasteiger partial charge in [-0.05, 0) is 38.5 Å². The molecule has 0 aromatic rings. The smallest absolute Gasteiger partial charge is 0.302 e. The maximum atomic E-state index is 10.5. The van der Waals surface area contributed by atoms with Gasteiger partial charge in [0.2, 0.25) is 0 Å². The van der Waals surface area contributed by atoms with Crippen molar-refractivity contribution >= 4 is 5.97 Å². The van der Waals surface area contributed by atoms with Gasteiger partial charge in [-0.15, -0.1) is 0 Å². The minimum Gasteiger partial charge on any atom is -0.466 e. The van der Waals surface area contributed by atoms with E-state index < -0.39 is 0 Å². The van der Waals surface area contributed by atoms with Crippen molar-refractivity contribution in [1.29, 1.82) is 0 Å². The van der Waals surface area contributed by atoms with Crippen molar-refractivity contribution in [3.05, 3.63) is 24.3 Å². The molecule has 0 bridgehead atoms. The first-order valence-corrected chi connectivity index (χ1v) is 7.20. The van der Waals surface area contributed by atoms with Crippen LogP contribution in [0.1, 0.15) is 65.2 Å². The number of ether oxygens (including phenoxy) is 1. The maximum Gasteiger partial charge on any atom is 0.302 e. The average molecular weight is 252 g/mol. The monoisotopic (exact) mass is 252 g/mol. The molecular weight excluding hydrogens is 224 g/mol. The molecule has 0 aromatic carbocycles. The Labute approximate surface area is 112 Å². The normalized spacial score (nSPS) is 11.4. The van der Waals surface area contributed by atoms with Gasteiger partial charge in [-0.3, -0.25) is 4.79 Å². The fourth-order valence-corrected chi connectivity index (χ4v) is 1.59. The SMILES string of the molecule is CCCC/C=C/CCCC/C=C\CCOC(C)=O. The molecule has 0 aromatic heterocycles. The molecule has 0 amide bonds. The first-order valence-electron chi connectivity index (χ1n) is 7.20. The second-order valence-electron chi connectivity index (χ2n) is 4.50. The molecule has 0 aliphatic rings. The van der Waals surface area contributed by atoms with Crippen molar-refractivity contribution < 1.29 is 9.53 Å². The van der Waals surface area contributed by atoms with Gasteiger partial charge in [0.25, 0.3) is 0 Å². The maximum absolute atomic E-state index is 10.5. The fourth-order valence-electron chi connectivity index (χ4n) is 1.59. The van der Waals surface area contributed by atoms with E-state index in [1.54, 1.807) is 0 Å². The first-order chi connectivity index (χ1) is 8.77. The highest BCUT2D eigenvalue weighted by molar-refractivity contribution is 5.65. The zero-order chi connectivity index (χ0) is 13.5. The van der Waals surface area contributed by atoms with Crippen molar-refractivity contribution in [2.45, 2.75) is 65.2 Å². The lowest BCUT2D eigenvalue weighted by Crippen LogP contribution is -1.98. The van der Waals surface area contributed by atoms with E-state index in [9.17, 15) is 4.79 Å². The van der Waals surface area contributed by atoms with Crippen LogP contribution in [0.15, 0.2) is 24.3 Å². The largest absolute Gasteiger partial charge is 0.466 e. The summed E-state index contributed by atoms with van der Waals surface area (Å²) in [5.74, 6) is -0.196. The van der Waals surface area contributed by atoms with Gasteiger partial charge in [0.1, 0.15) is 0 Å². The van der Waals surface area contributed by atoms with E-state index in [4.69, 9.17) is 4.74 Å². The molecule has 0 saturated carbocycles. The van der Waals surface area contributed by atoms with Crippen LogP contribution in [0.25, 0.3) is 0 Å². The van der Waals surface area contributed by atoms with Gasteiger partial charge in [0, 0.05) is 6.92 Å². The molecule has 0 heterocycles. The zero-order valence-electron chi connectivity index (χ0n) is 12.0. The topological polar surface area (TPSA) is 26.3 Å². The number of hydrogen-bond acceptors (Lipinski definition) is 2. The minimum absolute atomic E-state index is 0.196. The van der Waals surface area contributed by atoms with Gasteiger partial charge < -0.3 is 4.74 Å². The summed E-state index contributed by atoms with van der Waals surface area (Å²) in [7, 11) is 0. The lowest BCUT2D eigenvalue weighted by atomic mass is 10.1. The summed E-state index contributed by atoms with van der Waals surface area (Å²) in [5, 5.41) is 0. The third-order valence-corrected chi connectivity index (χ3v) is 2.64. The van der Waals surface area contributed by atoms with E-state index in [0.717, 1.165) is 12.8 Å². The Bertz CT molecular complexity index is 241. The Morgan fingerprint density at radius 2 is 1.39 bits per heavy atom. The summed E-state index contributed by atoms with van der Waals surface area (Å²) in [6.07, 6.45) is 18.4. The second-order valence-corrected chi connectivity index (χ2v) is 4.50. The lowest BCUT2D eigenvalue weighted by molar-refractivity contribution is -0.140. The van der Waals surface area contributed by atoms with E-state index in [-0.39, 0.29) is 5.97 Å². The standard InChI is InChI=1S/C16H28O2/c1-3-4-5-6-7-8-9-10-11-12-13-14-15-18-16(2)17/h6-7,12-13H,3-5,8-11,14-15H2,1-2H3/b7-6+,13-12-. The number of hydrogen-bond donors (Lipinski definition) is 0. The van der Waals surface area contributed by atoms with Crippen molar-refractivity contribution in [2.75, 3.05) is 6.61 Å². The van der Waals surface area contributed by atoms with E-state index in [1.165, 1.54) is 45.4 Å². The third-order valence-electron chi connectivity index (χ3n) is 2.64. The molecule has 0 atom stereocenters. The number of rotatable bonds is 11. The van der Waals surface area contributed by atoms with Crippen LogP contribution in [0.5, 0.6) is 0 Å². The molecule has 18 heavy (non-hydrogen) atoms. The minimum atomic E-state index is -0.196. The van der Waals surface area contributed by atoms with Crippen molar-refractivity contribution in [3.8, 4) is 0 Å². The van der Waals surface area contributed by atoms with Crippen LogP contribution in [0, 0.1) is 0 Å². The van der Waals surface area contributed by atoms with E-state index in [2.05, 4.69) is 31.2 Å². The summed E-state index contributed by atoms with van der Waals surface area (Å²) in [5.41, 5.74) is 0. The Hall–Kier alpha value is -1.05. The van der Waals surface area contributed by atoms with Crippen molar-refractivity contribution in [1.82, 2.24) is 0 Å². The molecule has 0 fully saturated rings. The van der Waals surface area contributed by atoms with Crippen LogP contribution in [0.3, 0.4) is 0 Å². The molecule has 0 rings (SSSR count).